The van der Waals surface area contributed by atoms with Crippen molar-refractivity contribution >= 4 is 0 Å². The Morgan fingerprint density at radius 1 is 1.70 bits per heavy atom. The first kappa shape index (κ1) is 7.55. The van der Waals surface area contributed by atoms with Gasteiger partial charge in [-0.3, -0.25) is 0 Å². The summed E-state index contributed by atoms with van der Waals surface area (Å²) in [4.78, 5) is 0. The Bertz CT molecular complexity index is 156. The van der Waals surface area contributed by atoms with Gasteiger partial charge in [-0.1, -0.05) is 23.8 Å². The third-order valence-electron chi connectivity index (χ3n) is 1.63. The second-order valence-corrected chi connectivity index (χ2v) is 2.54. The lowest BCUT2D eigenvalue weighted by Crippen LogP contribution is -2.10. The number of hydrogen-bond acceptors (Lipinski definition) is 1. The van der Waals surface area contributed by atoms with Crippen LogP contribution in [0, 0.1) is 0 Å². The molecule has 1 rings (SSSR count). The highest BCUT2D eigenvalue weighted by Gasteiger charge is 2.04. The average molecular weight is 138 g/mol. The minimum absolute atomic E-state index is 0.327. The molecular formula is C9H14O. The van der Waals surface area contributed by atoms with Crippen LogP contribution in [0.4, 0.5) is 0 Å². The molecule has 1 atom stereocenters. The van der Waals surface area contributed by atoms with Crippen LogP contribution in [-0.4, -0.2) is 12.7 Å². The molecule has 1 heteroatoms. The van der Waals surface area contributed by atoms with Crippen molar-refractivity contribution in [2.24, 2.45) is 0 Å². The normalized spacial score (nSPS) is 24.6. The Labute approximate surface area is 62.4 Å². The summed E-state index contributed by atoms with van der Waals surface area (Å²) in [7, 11) is 0. The zero-order valence-electron chi connectivity index (χ0n) is 6.63. The van der Waals surface area contributed by atoms with Crippen molar-refractivity contribution in [2.75, 3.05) is 6.61 Å². The predicted octanol–water partition coefficient (Wildman–Crippen LogP) is 2.30. The predicted molar refractivity (Wildman–Crippen MR) is 42.9 cm³/mol. The molecule has 1 aliphatic rings. The lowest BCUT2D eigenvalue weighted by Gasteiger charge is -2.13. The number of rotatable bonds is 2. The van der Waals surface area contributed by atoms with Gasteiger partial charge in [-0.15, -0.1) is 0 Å². The third kappa shape index (κ3) is 1.99. The molecule has 0 aliphatic heterocycles. The van der Waals surface area contributed by atoms with Crippen molar-refractivity contribution in [1.82, 2.24) is 0 Å². The van der Waals surface area contributed by atoms with E-state index in [1.807, 2.05) is 6.92 Å². The molecule has 0 saturated heterocycles. The van der Waals surface area contributed by atoms with Gasteiger partial charge in [0.25, 0.3) is 0 Å². The summed E-state index contributed by atoms with van der Waals surface area (Å²) in [5.41, 5.74) is 1.34. The van der Waals surface area contributed by atoms with Gasteiger partial charge in [-0.05, 0) is 20.3 Å². The monoisotopic (exact) mass is 138 g/mol. The molecule has 0 aromatic rings. The van der Waals surface area contributed by atoms with Crippen LogP contribution in [0.1, 0.15) is 20.3 Å². The first-order valence-electron chi connectivity index (χ1n) is 3.79. The third-order valence-corrected chi connectivity index (χ3v) is 1.63. The fourth-order valence-electron chi connectivity index (χ4n) is 1.05. The van der Waals surface area contributed by atoms with Gasteiger partial charge >= 0.3 is 0 Å². The lowest BCUT2D eigenvalue weighted by atomic mass is 10.1. The van der Waals surface area contributed by atoms with E-state index in [1.165, 1.54) is 5.57 Å². The summed E-state index contributed by atoms with van der Waals surface area (Å²) in [6.45, 7) is 4.94. The maximum absolute atomic E-state index is 5.40. The molecule has 10 heavy (non-hydrogen) atoms. The highest BCUT2D eigenvalue weighted by molar-refractivity contribution is 5.21. The van der Waals surface area contributed by atoms with E-state index in [1.54, 1.807) is 0 Å². The van der Waals surface area contributed by atoms with Crippen LogP contribution in [0.15, 0.2) is 23.8 Å². The van der Waals surface area contributed by atoms with Crippen molar-refractivity contribution in [2.45, 2.75) is 26.4 Å². The standard InChI is InChI=1S/C9H14O/c1-3-10-9-6-4-8(2)5-7-9/h4-6,9H,3,7H2,1-2H3/t9-/m1/s1. The molecule has 1 nitrogen and oxygen atoms in total. The number of ether oxygens (including phenoxy) is 1. The highest BCUT2D eigenvalue weighted by Crippen LogP contribution is 2.11. The molecule has 0 heterocycles. The minimum atomic E-state index is 0.327. The first-order chi connectivity index (χ1) is 4.83. The van der Waals surface area contributed by atoms with Gasteiger partial charge in [0, 0.05) is 6.61 Å². The number of hydrogen-bond donors (Lipinski definition) is 0. The summed E-state index contributed by atoms with van der Waals surface area (Å²) in [6.07, 6.45) is 7.81. The Morgan fingerprint density at radius 3 is 3.00 bits per heavy atom. The van der Waals surface area contributed by atoms with E-state index in [2.05, 4.69) is 25.2 Å². The zero-order valence-corrected chi connectivity index (χ0v) is 6.63. The van der Waals surface area contributed by atoms with Crippen LogP contribution in [0.25, 0.3) is 0 Å². The summed E-state index contributed by atoms with van der Waals surface area (Å²) in [5, 5.41) is 0. The van der Waals surface area contributed by atoms with Gasteiger partial charge in [0.1, 0.15) is 0 Å². The van der Waals surface area contributed by atoms with Gasteiger partial charge in [0.2, 0.25) is 0 Å². The van der Waals surface area contributed by atoms with Crippen LogP contribution in [0.5, 0.6) is 0 Å². The van der Waals surface area contributed by atoms with E-state index in [-0.39, 0.29) is 0 Å². The molecule has 0 bridgehead atoms. The molecule has 0 fully saturated rings. The quantitative estimate of drug-likeness (QED) is 0.569. The molecule has 0 saturated carbocycles. The first-order valence-corrected chi connectivity index (χ1v) is 3.79. The fraction of sp³-hybridized carbons (Fsp3) is 0.556. The van der Waals surface area contributed by atoms with E-state index in [9.17, 15) is 0 Å². The summed E-state index contributed by atoms with van der Waals surface area (Å²) in [5.74, 6) is 0. The SMILES string of the molecule is CCO[C@@H]1C=CC(C)=CC1. The molecule has 0 amide bonds. The van der Waals surface area contributed by atoms with Gasteiger partial charge < -0.3 is 4.74 Å². The van der Waals surface area contributed by atoms with Gasteiger partial charge in [-0.2, -0.15) is 0 Å². The Kier molecular flexibility index (Phi) is 2.69. The Balaban J connectivity index is 2.37. The maximum atomic E-state index is 5.40. The van der Waals surface area contributed by atoms with Gasteiger partial charge in [0.05, 0.1) is 6.10 Å². The van der Waals surface area contributed by atoms with E-state index >= 15 is 0 Å². The Morgan fingerprint density at radius 2 is 2.50 bits per heavy atom. The van der Waals surface area contributed by atoms with Gasteiger partial charge in [-0.25, -0.2) is 0 Å². The summed E-state index contributed by atoms with van der Waals surface area (Å²) in [6, 6.07) is 0. The summed E-state index contributed by atoms with van der Waals surface area (Å²) >= 11 is 0. The van der Waals surface area contributed by atoms with E-state index < -0.39 is 0 Å². The van der Waals surface area contributed by atoms with Crippen LogP contribution >= 0.6 is 0 Å². The van der Waals surface area contributed by atoms with Crippen molar-refractivity contribution in [3.63, 3.8) is 0 Å². The molecule has 0 spiro atoms. The largest absolute Gasteiger partial charge is 0.374 e. The maximum Gasteiger partial charge on any atom is 0.0793 e. The van der Waals surface area contributed by atoms with E-state index in [0.29, 0.717) is 6.10 Å². The molecular weight excluding hydrogens is 124 g/mol. The Hall–Kier alpha value is -0.560. The highest BCUT2D eigenvalue weighted by atomic mass is 16.5. The molecule has 0 radical (unpaired) electrons. The lowest BCUT2D eigenvalue weighted by molar-refractivity contribution is 0.0975. The van der Waals surface area contributed by atoms with Crippen LogP contribution in [-0.2, 0) is 4.74 Å². The second kappa shape index (κ2) is 3.57. The van der Waals surface area contributed by atoms with Crippen LogP contribution in [0.2, 0.25) is 0 Å². The van der Waals surface area contributed by atoms with Crippen molar-refractivity contribution in [3.05, 3.63) is 23.8 Å². The molecule has 0 aromatic carbocycles. The molecule has 0 N–H and O–H groups in total. The topological polar surface area (TPSA) is 9.23 Å². The van der Waals surface area contributed by atoms with Crippen molar-refractivity contribution in [3.8, 4) is 0 Å². The fourth-order valence-corrected chi connectivity index (χ4v) is 1.05. The molecule has 1 aliphatic carbocycles. The average Bonchev–Trinajstić information content (AvgIpc) is 1.95. The zero-order chi connectivity index (χ0) is 7.40. The van der Waals surface area contributed by atoms with Crippen LogP contribution in [0.3, 0.4) is 0 Å². The molecule has 0 unspecified atom stereocenters. The molecule has 0 aromatic heterocycles. The smallest absolute Gasteiger partial charge is 0.0793 e. The summed E-state index contributed by atoms with van der Waals surface area (Å²) < 4.78 is 5.40. The van der Waals surface area contributed by atoms with Crippen molar-refractivity contribution in [1.29, 1.82) is 0 Å². The second-order valence-electron chi connectivity index (χ2n) is 2.54. The van der Waals surface area contributed by atoms with Crippen molar-refractivity contribution < 1.29 is 4.74 Å². The minimum Gasteiger partial charge on any atom is -0.374 e. The van der Waals surface area contributed by atoms with Gasteiger partial charge in [0.15, 0.2) is 0 Å². The van der Waals surface area contributed by atoms with E-state index in [4.69, 9.17) is 4.74 Å². The molecule has 56 valence electrons. The number of allylic oxidation sites excluding steroid dienone is 2. The van der Waals surface area contributed by atoms with Crippen LogP contribution < -0.4 is 0 Å². The van der Waals surface area contributed by atoms with E-state index in [0.717, 1.165) is 13.0 Å².